The second-order valence-corrected chi connectivity index (χ2v) is 5.94. The van der Waals surface area contributed by atoms with Gasteiger partial charge in [-0.15, -0.1) is 0 Å². The van der Waals surface area contributed by atoms with Crippen LogP contribution in [0.4, 0.5) is 0 Å². The quantitative estimate of drug-likeness (QED) is 0.471. The number of guanidine groups is 1. The molecule has 132 valence electrons. The Balaban J connectivity index is 1.70. The van der Waals surface area contributed by atoms with Gasteiger partial charge in [0.2, 0.25) is 5.91 Å². The highest BCUT2D eigenvalue weighted by Gasteiger charge is 2.25. The van der Waals surface area contributed by atoms with Gasteiger partial charge in [-0.2, -0.15) is 0 Å². The summed E-state index contributed by atoms with van der Waals surface area (Å²) in [5.74, 6) is 1.87. The molecule has 1 aromatic rings. The first-order valence-corrected chi connectivity index (χ1v) is 8.57. The number of para-hydroxylation sites is 1. The Bertz CT molecular complexity index is 574. The Kier molecular flexibility index (Phi) is 6.90. The lowest BCUT2D eigenvalue weighted by atomic mass is 10.2. The van der Waals surface area contributed by atoms with Crippen molar-refractivity contribution in [2.24, 2.45) is 4.99 Å². The molecule has 1 atom stereocenters. The van der Waals surface area contributed by atoms with Crippen LogP contribution in [0.25, 0.3) is 0 Å². The number of ether oxygens (including phenoxy) is 1. The van der Waals surface area contributed by atoms with E-state index in [2.05, 4.69) is 15.6 Å². The molecule has 1 heterocycles. The number of likely N-dealkylation sites (tertiary alicyclic amines) is 1. The largest absolute Gasteiger partial charge is 0.491 e. The molecule has 24 heavy (non-hydrogen) atoms. The lowest BCUT2D eigenvalue weighted by Gasteiger charge is -2.19. The van der Waals surface area contributed by atoms with Gasteiger partial charge in [-0.3, -0.25) is 9.79 Å². The minimum Gasteiger partial charge on any atom is -0.491 e. The molecule has 0 radical (unpaired) electrons. The summed E-state index contributed by atoms with van der Waals surface area (Å²) in [5, 5.41) is 6.63. The molecule has 1 amide bonds. The zero-order valence-corrected chi connectivity index (χ0v) is 14.8. The van der Waals surface area contributed by atoms with Gasteiger partial charge >= 0.3 is 0 Å². The second kappa shape index (κ2) is 9.15. The summed E-state index contributed by atoms with van der Waals surface area (Å²) in [4.78, 5) is 17.9. The summed E-state index contributed by atoms with van der Waals surface area (Å²) in [6.45, 7) is 6.73. The van der Waals surface area contributed by atoms with Gasteiger partial charge in [-0.1, -0.05) is 25.1 Å². The highest BCUT2D eigenvalue weighted by Crippen LogP contribution is 2.15. The van der Waals surface area contributed by atoms with E-state index in [4.69, 9.17) is 4.74 Å². The first-order chi connectivity index (χ1) is 11.6. The Morgan fingerprint density at radius 2 is 2.21 bits per heavy atom. The van der Waals surface area contributed by atoms with Gasteiger partial charge in [-0.25, -0.2) is 0 Å². The maximum atomic E-state index is 11.7. The summed E-state index contributed by atoms with van der Waals surface area (Å²) in [5.41, 5.74) is 1.13. The van der Waals surface area contributed by atoms with Crippen LogP contribution in [-0.4, -0.2) is 56.1 Å². The van der Waals surface area contributed by atoms with Gasteiger partial charge in [0, 0.05) is 32.6 Å². The van der Waals surface area contributed by atoms with Crippen molar-refractivity contribution in [2.45, 2.75) is 32.7 Å². The van der Waals surface area contributed by atoms with E-state index < -0.39 is 0 Å². The van der Waals surface area contributed by atoms with Gasteiger partial charge in [0.15, 0.2) is 5.96 Å². The third-order valence-corrected chi connectivity index (χ3v) is 4.15. The SMILES string of the molecule is CCC(=O)N1CCC(NC(=NC)NCCOc2ccccc2C)C1. The van der Waals surface area contributed by atoms with Crippen LogP contribution in [0, 0.1) is 6.92 Å². The normalized spacial score (nSPS) is 17.7. The number of nitrogens with one attached hydrogen (secondary N) is 2. The molecule has 6 heteroatoms. The highest BCUT2D eigenvalue weighted by atomic mass is 16.5. The third kappa shape index (κ3) is 5.15. The summed E-state index contributed by atoms with van der Waals surface area (Å²) >= 11 is 0. The predicted octanol–water partition coefficient (Wildman–Crippen LogP) is 1.55. The van der Waals surface area contributed by atoms with Crippen LogP contribution in [0.3, 0.4) is 0 Å². The van der Waals surface area contributed by atoms with E-state index in [0.717, 1.165) is 36.8 Å². The number of aryl methyl sites for hydroxylation is 1. The van der Waals surface area contributed by atoms with Crippen molar-refractivity contribution < 1.29 is 9.53 Å². The minimum atomic E-state index is 0.217. The second-order valence-electron chi connectivity index (χ2n) is 5.94. The number of benzene rings is 1. The Morgan fingerprint density at radius 3 is 2.92 bits per heavy atom. The van der Waals surface area contributed by atoms with Crippen LogP contribution in [0.1, 0.15) is 25.3 Å². The van der Waals surface area contributed by atoms with Crippen LogP contribution < -0.4 is 15.4 Å². The molecule has 2 rings (SSSR count). The van der Waals surface area contributed by atoms with Crippen molar-refractivity contribution in [2.75, 3.05) is 33.3 Å². The number of carbonyl (C=O) groups excluding carboxylic acids is 1. The number of hydrogen-bond acceptors (Lipinski definition) is 3. The summed E-state index contributed by atoms with van der Waals surface area (Å²) < 4.78 is 5.77. The fourth-order valence-electron chi connectivity index (χ4n) is 2.76. The molecular weight excluding hydrogens is 304 g/mol. The molecule has 1 fully saturated rings. The number of hydrogen-bond donors (Lipinski definition) is 2. The smallest absolute Gasteiger partial charge is 0.222 e. The van der Waals surface area contributed by atoms with Gasteiger partial charge in [0.25, 0.3) is 0 Å². The molecule has 6 nitrogen and oxygen atoms in total. The number of rotatable bonds is 6. The number of carbonyl (C=O) groups is 1. The lowest BCUT2D eigenvalue weighted by molar-refractivity contribution is -0.129. The van der Waals surface area contributed by atoms with E-state index in [1.165, 1.54) is 0 Å². The van der Waals surface area contributed by atoms with E-state index in [1.807, 2.05) is 43.0 Å². The number of aliphatic imine (C=N–C) groups is 1. The molecule has 0 aliphatic carbocycles. The van der Waals surface area contributed by atoms with E-state index in [9.17, 15) is 4.79 Å². The Morgan fingerprint density at radius 1 is 1.42 bits per heavy atom. The first kappa shape index (κ1) is 18.1. The lowest BCUT2D eigenvalue weighted by Crippen LogP contribution is -2.46. The average Bonchev–Trinajstić information content (AvgIpc) is 3.06. The molecular formula is C18H28N4O2. The highest BCUT2D eigenvalue weighted by molar-refractivity contribution is 5.80. The molecule has 1 aliphatic heterocycles. The summed E-state index contributed by atoms with van der Waals surface area (Å²) in [7, 11) is 1.75. The van der Waals surface area contributed by atoms with Gasteiger partial charge in [0.1, 0.15) is 12.4 Å². The van der Waals surface area contributed by atoms with Gasteiger partial charge < -0.3 is 20.3 Å². The van der Waals surface area contributed by atoms with Crippen LogP contribution in [0.5, 0.6) is 5.75 Å². The average molecular weight is 332 g/mol. The molecule has 1 aromatic carbocycles. The fourth-order valence-corrected chi connectivity index (χ4v) is 2.76. The van der Waals surface area contributed by atoms with Gasteiger partial charge in [-0.05, 0) is 25.0 Å². The van der Waals surface area contributed by atoms with Crippen molar-refractivity contribution in [3.05, 3.63) is 29.8 Å². The number of nitrogens with zero attached hydrogens (tertiary/aromatic N) is 2. The number of amides is 1. The molecule has 1 aliphatic rings. The molecule has 0 spiro atoms. The predicted molar refractivity (Wildman–Crippen MR) is 96.4 cm³/mol. The topological polar surface area (TPSA) is 66.0 Å². The van der Waals surface area contributed by atoms with Crippen LogP contribution in [0.2, 0.25) is 0 Å². The molecule has 2 N–H and O–H groups in total. The Hall–Kier alpha value is -2.24. The summed E-state index contributed by atoms with van der Waals surface area (Å²) in [6, 6.07) is 8.23. The van der Waals surface area contributed by atoms with E-state index in [-0.39, 0.29) is 11.9 Å². The van der Waals surface area contributed by atoms with E-state index in [0.29, 0.717) is 19.6 Å². The fraction of sp³-hybridized carbons (Fsp3) is 0.556. The standard InChI is InChI=1S/C18H28N4O2/c1-4-17(23)22-11-9-15(13-22)21-18(19-3)20-10-12-24-16-8-6-5-7-14(16)2/h5-8,15H,4,9-13H2,1-3H3,(H2,19,20,21). The van der Waals surface area contributed by atoms with Crippen molar-refractivity contribution in [1.29, 1.82) is 0 Å². The molecule has 0 saturated carbocycles. The van der Waals surface area contributed by atoms with Crippen molar-refractivity contribution in [3.8, 4) is 5.75 Å². The van der Waals surface area contributed by atoms with Crippen molar-refractivity contribution in [1.82, 2.24) is 15.5 Å². The zero-order valence-electron chi connectivity index (χ0n) is 14.8. The zero-order chi connectivity index (χ0) is 17.4. The van der Waals surface area contributed by atoms with Crippen molar-refractivity contribution in [3.63, 3.8) is 0 Å². The summed E-state index contributed by atoms with van der Waals surface area (Å²) in [6.07, 6.45) is 1.52. The van der Waals surface area contributed by atoms with E-state index in [1.54, 1.807) is 7.05 Å². The van der Waals surface area contributed by atoms with Crippen molar-refractivity contribution >= 4 is 11.9 Å². The molecule has 1 unspecified atom stereocenters. The maximum Gasteiger partial charge on any atom is 0.222 e. The molecule has 0 aromatic heterocycles. The molecule has 0 bridgehead atoms. The minimum absolute atomic E-state index is 0.217. The molecule has 1 saturated heterocycles. The third-order valence-electron chi connectivity index (χ3n) is 4.15. The van der Waals surface area contributed by atoms with Crippen LogP contribution in [0.15, 0.2) is 29.3 Å². The van der Waals surface area contributed by atoms with E-state index >= 15 is 0 Å². The monoisotopic (exact) mass is 332 g/mol. The van der Waals surface area contributed by atoms with Gasteiger partial charge in [0.05, 0.1) is 6.54 Å². The maximum absolute atomic E-state index is 11.7. The Labute approximate surface area is 144 Å². The first-order valence-electron chi connectivity index (χ1n) is 8.57. The van der Waals surface area contributed by atoms with Crippen LogP contribution >= 0.6 is 0 Å². The van der Waals surface area contributed by atoms with Crippen LogP contribution in [-0.2, 0) is 4.79 Å².